The first-order chi connectivity index (χ1) is 10.7. The Morgan fingerprint density at radius 3 is 2.45 bits per heavy atom. The van der Waals surface area contributed by atoms with Gasteiger partial charge >= 0.3 is 0 Å². The summed E-state index contributed by atoms with van der Waals surface area (Å²) in [5.74, 6) is -0.599. The third-order valence-corrected chi connectivity index (χ3v) is 4.08. The summed E-state index contributed by atoms with van der Waals surface area (Å²) in [6, 6.07) is 16.1. The molecule has 2 aromatic carbocycles. The number of H-pyrrole nitrogens is 1. The molecule has 3 rings (SSSR count). The summed E-state index contributed by atoms with van der Waals surface area (Å²) in [4.78, 5) is 12.6. The number of nitrogens with one attached hydrogen (secondary N) is 1. The monoisotopic (exact) mass is 310 g/mol. The Morgan fingerprint density at radius 1 is 1.05 bits per heavy atom. The van der Waals surface area contributed by atoms with Crippen LogP contribution in [0.4, 0.5) is 0 Å². The maximum atomic E-state index is 11.4. The molecular formula is C16H14N4OS. The van der Waals surface area contributed by atoms with Crippen LogP contribution in [0.1, 0.15) is 10.5 Å². The molecule has 6 heteroatoms. The van der Waals surface area contributed by atoms with Gasteiger partial charge in [-0.05, 0) is 35.6 Å². The molecule has 0 saturated carbocycles. The van der Waals surface area contributed by atoms with Crippen LogP contribution in [-0.4, -0.2) is 27.6 Å². The van der Waals surface area contributed by atoms with Crippen molar-refractivity contribution in [1.82, 2.24) is 15.4 Å². The minimum absolute atomic E-state index is 0.148. The molecule has 1 amide bonds. The highest BCUT2D eigenvalue weighted by Crippen LogP contribution is 2.27. The van der Waals surface area contributed by atoms with Crippen LogP contribution in [0, 0.1) is 0 Å². The summed E-state index contributed by atoms with van der Waals surface area (Å²) >= 11 is 1.71. The maximum absolute atomic E-state index is 11.4. The summed E-state index contributed by atoms with van der Waals surface area (Å²) < 4.78 is 0. The lowest BCUT2D eigenvalue weighted by Gasteiger charge is -2.05. The maximum Gasteiger partial charge on any atom is 0.271 e. The Hall–Kier alpha value is -2.60. The number of nitrogens with zero attached hydrogens (tertiary/aromatic N) is 2. The molecule has 0 aliphatic heterocycles. The van der Waals surface area contributed by atoms with Crippen LogP contribution in [0.5, 0.6) is 0 Å². The Kier molecular flexibility index (Phi) is 3.93. The lowest BCUT2D eigenvalue weighted by molar-refractivity contribution is 0.0996. The number of amides is 1. The van der Waals surface area contributed by atoms with Crippen molar-refractivity contribution in [3.8, 4) is 22.4 Å². The molecular weight excluding hydrogens is 296 g/mol. The van der Waals surface area contributed by atoms with Crippen LogP contribution in [-0.2, 0) is 0 Å². The zero-order valence-corrected chi connectivity index (χ0v) is 12.7. The Morgan fingerprint density at radius 2 is 1.77 bits per heavy atom. The lowest BCUT2D eigenvalue weighted by Crippen LogP contribution is -2.12. The minimum Gasteiger partial charge on any atom is -0.364 e. The molecule has 0 atom stereocenters. The van der Waals surface area contributed by atoms with E-state index in [1.165, 1.54) is 4.90 Å². The fraction of sp³-hybridized carbons (Fsp3) is 0.0625. The van der Waals surface area contributed by atoms with E-state index in [4.69, 9.17) is 5.73 Å². The quantitative estimate of drug-likeness (QED) is 0.726. The van der Waals surface area contributed by atoms with E-state index in [-0.39, 0.29) is 5.69 Å². The number of primary amides is 1. The predicted octanol–water partition coefficient (Wildman–Crippen LogP) is 2.96. The summed E-state index contributed by atoms with van der Waals surface area (Å²) in [5.41, 5.74) is 8.88. The molecule has 3 N–H and O–H groups in total. The van der Waals surface area contributed by atoms with Gasteiger partial charge in [-0.3, -0.25) is 4.79 Å². The van der Waals surface area contributed by atoms with Gasteiger partial charge in [0.05, 0.1) is 0 Å². The molecule has 0 radical (unpaired) electrons. The number of carbonyl (C=O) groups is 1. The number of thioether (sulfide) groups is 1. The van der Waals surface area contributed by atoms with E-state index in [9.17, 15) is 4.79 Å². The van der Waals surface area contributed by atoms with E-state index in [1.807, 2.05) is 30.5 Å². The average Bonchev–Trinajstić information content (AvgIpc) is 3.05. The molecule has 0 saturated heterocycles. The SMILES string of the molecule is CSc1ccc(-c2cccc(-c3n[nH]nc3C(N)=O)c2)cc1. The van der Waals surface area contributed by atoms with Gasteiger partial charge in [0.1, 0.15) is 5.69 Å². The van der Waals surface area contributed by atoms with E-state index in [2.05, 4.69) is 39.7 Å². The van der Waals surface area contributed by atoms with Crippen molar-refractivity contribution in [2.45, 2.75) is 4.90 Å². The van der Waals surface area contributed by atoms with Crippen molar-refractivity contribution in [3.63, 3.8) is 0 Å². The second-order valence-corrected chi connectivity index (χ2v) is 5.57. The number of aromatic nitrogens is 3. The molecule has 0 aliphatic carbocycles. The van der Waals surface area contributed by atoms with Gasteiger partial charge in [-0.1, -0.05) is 30.3 Å². The zero-order chi connectivity index (χ0) is 15.5. The van der Waals surface area contributed by atoms with Crippen molar-refractivity contribution in [2.75, 3.05) is 6.26 Å². The van der Waals surface area contributed by atoms with E-state index in [1.54, 1.807) is 11.8 Å². The number of benzene rings is 2. The van der Waals surface area contributed by atoms with E-state index >= 15 is 0 Å². The molecule has 0 aliphatic rings. The topological polar surface area (TPSA) is 84.7 Å². The zero-order valence-electron chi connectivity index (χ0n) is 11.9. The second-order valence-electron chi connectivity index (χ2n) is 4.69. The number of hydrogen-bond acceptors (Lipinski definition) is 4. The molecule has 22 heavy (non-hydrogen) atoms. The number of carbonyl (C=O) groups excluding carboxylic acids is 1. The van der Waals surface area contributed by atoms with Gasteiger partial charge < -0.3 is 5.73 Å². The smallest absolute Gasteiger partial charge is 0.271 e. The first-order valence-electron chi connectivity index (χ1n) is 6.64. The standard InChI is InChI=1S/C16H14N4OS/c1-22-13-7-5-10(6-8-13)11-3-2-4-12(9-11)14-15(16(17)21)19-20-18-14/h2-9H,1H3,(H2,17,21)(H,18,19,20). The molecule has 1 aromatic heterocycles. The Balaban J connectivity index is 2.02. The van der Waals surface area contributed by atoms with Crippen molar-refractivity contribution in [2.24, 2.45) is 5.73 Å². The van der Waals surface area contributed by atoms with E-state index in [0.29, 0.717) is 5.69 Å². The van der Waals surface area contributed by atoms with Gasteiger partial charge in [0.2, 0.25) is 0 Å². The number of nitrogens with two attached hydrogens (primary N) is 1. The predicted molar refractivity (Wildman–Crippen MR) is 87.6 cm³/mol. The van der Waals surface area contributed by atoms with Gasteiger partial charge in [-0.15, -0.1) is 11.8 Å². The first-order valence-corrected chi connectivity index (χ1v) is 7.87. The normalized spacial score (nSPS) is 10.6. The third-order valence-electron chi connectivity index (χ3n) is 3.34. The summed E-state index contributed by atoms with van der Waals surface area (Å²) in [7, 11) is 0. The largest absolute Gasteiger partial charge is 0.364 e. The number of aromatic amines is 1. The lowest BCUT2D eigenvalue weighted by atomic mass is 10.0. The molecule has 0 unspecified atom stereocenters. The average molecular weight is 310 g/mol. The highest BCUT2D eigenvalue weighted by Gasteiger charge is 2.15. The Labute approximate surface area is 131 Å². The summed E-state index contributed by atoms with van der Waals surface area (Å²) in [5, 5.41) is 10.3. The molecule has 3 aromatic rings. The summed E-state index contributed by atoms with van der Waals surface area (Å²) in [6.45, 7) is 0. The van der Waals surface area contributed by atoms with Gasteiger partial charge in [0.25, 0.3) is 5.91 Å². The fourth-order valence-corrected chi connectivity index (χ4v) is 2.64. The first kappa shape index (κ1) is 14.3. The molecule has 0 bridgehead atoms. The van der Waals surface area contributed by atoms with Crippen LogP contribution in [0.25, 0.3) is 22.4 Å². The highest BCUT2D eigenvalue weighted by molar-refractivity contribution is 7.98. The third kappa shape index (κ3) is 2.73. The Bertz CT molecular complexity index is 811. The van der Waals surface area contributed by atoms with Crippen molar-refractivity contribution < 1.29 is 4.79 Å². The fourth-order valence-electron chi connectivity index (χ4n) is 2.23. The molecule has 0 fully saturated rings. The summed E-state index contributed by atoms with van der Waals surface area (Å²) in [6.07, 6.45) is 2.05. The van der Waals surface area contributed by atoms with Crippen LogP contribution in [0.3, 0.4) is 0 Å². The van der Waals surface area contributed by atoms with Crippen molar-refractivity contribution in [1.29, 1.82) is 0 Å². The van der Waals surface area contributed by atoms with E-state index < -0.39 is 5.91 Å². The van der Waals surface area contributed by atoms with Crippen molar-refractivity contribution in [3.05, 3.63) is 54.2 Å². The molecule has 1 heterocycles. The van der Waals surface area contributed by atoms with Crippen LogP contribution in [0.15, 0.2) is 53.4 Å². The number of hydrogen-bond donors (Lipinski definition) is 2. The highest BCUT2D eigenvalue weighted by atomic mass is 32.2. The van der Waals surface area contributed by atoms with E-state index in [0.717, 1.165) is 16.7 Å². The van der Waals surface area contributed by atoms with Gasteiger partial charge in [0.15, 0.2) is 5.69 Å². The van der Waals surface area contributed by atoms with Crippen LogP contribution < -0.4 is 5.73 Å². The van der Waals surface area contributed by atoms with Crippen LogP contribution >= 0.6 is 11.8 Å². The number of rotatable bonds is 4. The second kappa shape index (κ2) is 6.03. The molecule has 110 valence electrons. The van der Waals surface area contributed by atoms with Crippen molar-refractivity contribution >= 4 is 17.7 Å². The molecule has 0 spiro atoms. The van der Waals surface area contributed by atoms with Gasteiger partial charge in [0, 0.05) is 10.5 Å². The van der Waals surface area contributed by atoms with Gasteiger partial charge in [-0.2, -0.15) is 15.4 Å². The minimum atomic E-state index is -0.599. The van der Waals surface area contributed by atoms with Crippen LogP contribution in [0.2, 0.25) is 0 Å². The molecule has 5 nitrogen and oxygen atoms in total. The van der Waals surface area contributed by atoms with Gasteiger partial charge in [-0.25, -0.2) is 0 Å².